The maximum Gasteiger partial charge on any atom is 0.236 e. The van der Waals surface area contributed by atoms with Gasteiger partial charge in [0.15, 0.2) is 0 Å². The molecule has 0 bridgehead atoms. The van der Waals surface area contributed by atoms with Gasteiger partial charge in [0, 0.05) is 6.04 Å². The van der Waals surface area contributed by atoms with Crippen LogP contribution in [0.5, 0.6) is 0 Å². The molecule has 1 unspecified atom stereocenters. The van der Waals surface area contributed by atoms with Gasteiger partial charge in [-0.3, -0.25) is 9.59 Å². The highest BCUT2D eigenvalue weighted by Crippen LogP contribution is 2.52. The summed E-state index contributed by atoms with van der Waals surface area (Å²) in [5, 5.41) is 0. The number of hydrogen-bond donors (Lipinski definition) is 0. The van der Waals surface area contributed by atoms with E-state index in [1.165, 1.54) is 25.7 Å². The second-order valence-corrected chi connectivity index (χ2v) is 6.00. The minimum Gasteiger partial charge on any atom is -0.332 e. The molecule has 17 heavy (non-hydrogen) atoms. The molecule has 3 aliphatic rings. The molecule has 3 rings (SSSR count). The Labute approximate surface area is 103 Å². The summed E-state index contributed by atoms with van der Waals surface area (Å²) in [7, 11) is 0. The Morgan fingerprint density at radius 1 is 1.18 bits per heavy atom. The molecular weight excluding hydrogens is 214 g/mol. The molecule has 0 aromatic carbocycles. The van der Waals surface area contributed by atoms with Gasteiger partial charge in [-0.05, 0) is 32.6 Å². The standard InChI is InChI=1S/C14H21NO2/c1-10(16)12-13(17)15(11-6-2-3-7-11)14(12)8-4-5-9-14/h11-12H,2-9H2,1H3. The normalized spacial score (nSPS) is 32.2. The predicted molar refractivity (Wildman–Crippen MR) is 64.5 cm³/mol. The fourth-order valence-electron chi connectivity index (χ4n) is 4.44. The first kappa shape index (κ1) is 11.2. The van der Waals surface area contributed by atoms with Gasteiger partial charge in [0.1, 0.15) is 11.7 Å². The van der Waals surface area contributed by atoms with E-state index >= 15 is 0 Å². The molecule has 0 N–H and O–H groups in total. The van der Waals surface area contributed by atoms with Gasteiger partial charge in [0.25, 0.3) is 0 Å². The van der Waals surface area contributed by atoms with Crippen molar-refractivity contribution in [1.82, 2.24) is 4.90 Å². The van der Waals surface area contributed by atoms with E-state index in [9.17, 15) is 9.59 Å². The summed E-state index contributed by atoms with van der Waals surface area (Å²) in [4.78, 5) is 26.1. The van der Waals surface area contributed by atoms with Crippen LogP contribution in [0.4, 0.5) is 0 Å². The van der Waals surface area contributed by atoms with Crippen LogP contribution in [0.15, 0.2) is 0 Å². The SMILES string of the molecule is CC(=O)C1C(=O)N(C2CCCC2)C12CCCC2. The summed E-state index contributed by atoms with van der Waals surface area (Å²) in [5.74, 6) is -0.0805. The lowest BCUT2D eigenvalue weighted by Crippen LogP contribution is -2.73. The molecule has 2 saturated carbocycles. The summed E-state index contributed by atoms with van der Waals surface area (Å²) in [6, 6.07) is 0.441. The molecule has 1 atom stereocenters. The zero-order chi connectivity index (χ0) is 12.0. The van der Waals surface area contributed by atoms with Crippen molar-refractivity contribution in [2.75, 3.05) is 0 Å². The van der Waals surface area contributed by atoms with Gasteiger partial charge in [-0.25, -0.2) is 0 Å². The molecule has 3 heteroatoms. The molecule has 1 saturated heterocycles. The summed E-state index contributed by atoms with van der Waals surface area (Å²) >= 11 is 0. The Morgan fingerprint density at radius 2 is 1.76 bits per heavy atom. The fourth-order valence-corrected chi connectivity index (χ4v) is 4.44. The molecule has 0 radical (unpaired) electrons. The second kappa shape index (κ2) is 3.82. The molecule has 1 aliphatic heterocycles. The van der Waals surface area contributed by atoms with Crippen LogP contribution in [0.2, 0.25) is 0 Å². The molecule has 1 heterocycles. The zero-order valence-corrected chi connectivity index (χ0v) is 10.6. The van der Waals surface area contributed by atoms with E-state index in [4.69, 9.17) is 0 Å². The number of likely N-dealkylation sites (tertiary alicyclic amines) is 1. The quantitative estimate of drug-likeness (QED) is 0.544. The Hall–Kier alpha value is -0.860. The van der Waals surface area contributed by atoms with E-state index in [1.54, 1.807) is 6.92 Å². The number of nitrogens with zero attached hydrogens (tertiary/aromatic N) is 1. The smallest absolute Gasteiger partial charge is 0.236 e. The number of Topliss-reactive ketones (excluding diaryl/α,β-unsaturated/α-hetero) is 1. The number of rotatable bonds is 2. The van der Waals surface area contributed by atoms with Gasteiger partial charge in [0.2, 0.25) is 5.91 Å². The van der Waals surface area contributed by atoms with Gasteiger partial charge in [-0.15, -0.1) is 0 Å². The van der Waals surface area contributed by atoms with Crippen LogP contribution in [-0.2, 0) is 9.59 Å². The van der Waals surface area contributed by atoms with Crippen molar-refractivity contribution in [1.29, 1.82) is 0 Å². The first-order chi connectivity index (χ1) is 8.17. The van der Waals surface area contributed by atoms with Gasteiger partial charge >= 0.3 is 0 Å². The van der Waals surface area contributed by atoms with Crippen LogP contribution in [0, 0.1) is 5.92 Å². The highest BCUT2D eigenvalue weighted by molar-refractivity contribution is 6.07. The summed E-state index contributed by atoms with van der Waals surface area (Å²) in [6.45, 7) is 1.59. The second-order valence-electron chi connectivity index (χ2n) is 6.00. The van der Waals surface area contributed by atoms with Crippen LogP contribution in [0.25, 0.3) is 0 Å². The maximum absolute atomic E-state index is 12.3. The van der Waals surface area contributed by atoms with Crippen molar-refractivity contribution in [3.05, 3.63) is 0 Å². The number of carbonyl (C=O) groups is 2. The summed E-state index contributed by atoms with van der Waals surface area (Å²) < 4.78 is 0. The highest BCUT2D eigenvalue weighted by Gasteiger charge is 2.64. The van der Waals surface area contributed by atoms with Crippen LogP contribution in [0.3, 0.4) is 0 Å². The largest absolute Gasteiger partial charge is 0.332 e. The Bertz CT molecular complexity index is 351. The lowest BCUT2D eigenvalue weighted by atomic mass is 9.68. The van der Waals surface area contributed by atoms with Gasteiger partial charge < -0.3 is 4.90 Å². The molecule has 0 aromatic heterocycles. The lowest BCUT2D eigenvalue weighted by Gasteiger charge is -2.58. The van der Waals surface area contributed by atoms with Crippen molar-refractivity contribution in [2.24, 2.45) is 5.92 Å². The first-order valence-electron chi connectivity index (χ1n) is 7.00. The third-order valence-electron chi connectivity index (χ3n) is 5.07. The Balaban J connectivity index is 1.88. The molecule has 1 spiro atoms. The molecular formula is C14H21NO2. The predicted octanol–water partition coefficient (Wildman–Crippen LogP) is 2.29. The van der Waals surface area contributed by atoms with Crippen LogP contribution >= 0.6 is 0 Å². The van der Waals surface area contributed by atoms with E-state index in [0.29, 0.717) is 6.04 Å². The van der Waals surface area contributed by atoms with E-state index in [2.05, 4.69) is 4.90 Å². The minimum absolute atomic E-state index is 0.0576. The van der Waals surface area contributed by atoms with E-state index in [1.807, 2.05) is 0 Å². The van der Waals surface area contributed by atoms with E-state index < -0.39 is 0 Å². The minimum atomic E-state index is -0.300. The van der Waals surface area contributed by atoms with Crippen LogP contribution < -0.4 is 0 Å². The Morgan fingerprint density at radius 3 is 2.29 bits per heavy atom. The van der Waals surface area contributed by atoms with Gasteiger partial charge in [-0.2, -0.15) is 0 Å². The topological polar surface area (TPSA) is 37.4 Å². The van der Waals surface area contributed by atoms with E-state index in [0.717, 1.165) is 25.7 Å². The monoisotopic (exact) mass is 235 g/mol. The molecule has 2 aliphatic carbocycles. The van der Waals surface area contributed by atoms with Gasteiger partial charge in [0.05, 0.1) is 5.54 Å². The molecule has 94 valence electrons. The number of β-lactam (4-membered cyclic amide) rings is 1. The summed E-state index contributed by atoms with van der Waals surface area (Å²) in [6.07, 6.45) is 9.26. The molecule has 1 amide bonds. The van der Waals surface area contributed by atoms with Crippen molar-refractivity contribution in [3.8, 4) is 0 Å². The third kappa shape index (κ3) is 1.40. The van der Waals surface area contributed by atoms with E-state index in [-0.39, 0.29) is 23.1 Å². The molecule has 0 aromatic rings. The lowest BCUT2D eigenvalue weighted by molar-refractivity contribution is -0.179. The zero-order valence-electron chi connectivity index (χ0n) is 10.6. The van der Waals surface area contributed by atoms with Crippen molar-refractivity contribution in [2.45, 2.75) is 69.9 Å². The first-order valence-corrected chi connectivity index (χ1v) is 7.00. The third-order valence-corrected chi connectivity index (χ3v) is 5.07. The number of carbonyl (C=O) groups excluding carboxylic acids is 2. The number of amides is 1. The number of ketones is 1. The maximum atomic E-state index is 12.3. The molecule has 3 fully saturated rings. The van der Waals surface area contributed by atoms with Crippen molar-refractivity contribution < 1.29 is 9.59 Å². The fraction of sp³-hybridized carbons (Fsp3) is 0.857. The average Bonchev–Trinajstić information content (AvgIpc) is 2.89. The average molecular weight is 235 g/mol. The van der Waals surface area contributed by atoms with Crippen LogP contribution in [-0.4, -0.2) is 28.2 Å². The van der Waals surface area contributed by atoms with Crippen molar-refractivity contribution >= 4 is 11.7 Å². The molecule has 3 nitrogen and oxygen atoms in total. The summed E-state index contributed by atoms with van der Waals surface area (Å²) in [5.41, 5.74) is -0.0576. The highest BCUT2D eigenvalue weighted by atomic mass is 16.2. The Kier molecular flexibility index (Phi) is 2.53. The number of hydrogen-bond acceptors (Lipinski definition) is 2. The van der Waals surface area contributed by atoms with Crippen molar-refractivity contribution in [3.63, 3.8) is 0 Å². The van der Waals surface area contributed by atoms with Gasteiger partial charge in [-0.1, -0.05) is 25.7 Å². The van der Waals surface area contributed by atoms with Crippen LogP contribution in [0.1, 0.15) is 58.3 Å².